The lowest BCUT2D eigenvalue weighted by molar-refractivity contribution is 0.0882. The molecule has 0 aliphatic rings. The lowest BCUT2D eigenvalue weighted by Crippen LogP contribution is -2.46. The minimum atomic E-state index is -0.424. The molecule has 2 N–H and O–H groups in total. The number of aliphatic hydroxyl groups excluding tert-OH is 1. The van der Waals surface area contributed by atoms with Crippen LogP contribution in [0.15, 0.2) is 18.3 Å². The van der Waals surface area contributed by atoms with E-state index in [0.29, 0.717) is 17.9 Å². The van der Waals surface area contributed by atoms with Crippen LogP contribution in [-0.4, -0.2) is 35.3 Å². The number of carbonyl (C=O) groups excluding carboxylic acids is 1. The molecular weight excluding hydrogens is 232 g/mol. The standard InChI is InChI=1S/C13H20N2O3/c1-4-13(2,7-9-16)15-11(17)10-6-5-8-14-12(10)18-3/h5-6,8,16H,4,7,9H2,1-3H3,(H,15,17). The van der Waals surface area contributed by atoms with Gasteiger partial charge in [0.15, 0.2) is 0 Å². The van der Waals surface area contributed by atoms with E-state index in [-0.39, 0.29) is 12.5 Å². The van der Waals surface area contributed by atoms with Gasteiger partial charge in [-0.1, -0.05) is 6.92 Å². The zero-order valence-corrected chi connectivity index (χ0v) is 11.1. The first-order chi connectivity index (χ1) is 8.56. The Morgan fingerprint density at radius 2 is 2.33 bits per heavy atom. The normalized spacial score (nSPS) is 13.8. The number of aromatic nitrogens is 1. The maximum atomic E-state index is 12.2. The van der Waals surface area contributed by atoms with Crippen LogP contribution in [0.2, 0.25) is 0 Å². The maximum Gasteiger partial charge on any atom is 0.257 e. The Balaban J connectivity index is 2.87. The van der Waals surface area contributed by atoms with Crippen LogP contribution in [0.3, 0.4) is 0 Å². The van der Waals surface area contributed by atoms with Crippen molar-refractivity contribution >= 4 is 5.91 Å². The summed E-state index contributed by atoms with van der Waals surface area (Å²) in [4.78, 5) is 16.1. The van der Waals surface area contributed by atoms with Gasteiger partial charge in [-0.3, -0.25) is 4.79 Å². The lowest BCUT2D eigenvalue weighted by atomic mass is 9.94. The van der Waals surface area contributed by atoms with Crippen LogP contribution in [0.4, 0.5) is 0 Å². The molecule has 0 aliphatic carbocycles. The van der Waals surface area contributed by atoms with Gasteiger partial charge < -0.3 is 15.2 Å². The van der Waals surface area contributed by atoms with Gasteiger partial charge in [0.25, 0.3) is 5.91 Å². The molecule has 1 aromatic heterocycles. The average Bonchev–Trinajstić information content (AvgIpc) is 2.38. The number of rotatable bonds is 6. The minimum Gasteiger partial charge on any atom is -0.480 e. The third-order valence-electron chi connectivity index (χ3n) is 3.07. The van der Waals surface area contributed by atoms with E-state index in [2.05, 4.69) is 10.3 Å². The predicted molar refractivity (Wildman–Crippen MR) is 68.7 cm³/mol. The summed E-state index contributed by atoms with van der Waals surface area (Å²) in [6.45, 7) is 3.91. The molecule has 0 spiro atoms. The molecule has 1 amide bonds. The Bertz CT molecular complexity index is 409. The maximum absolute atomic E-state index is 12.2. The molecule has 1 unspecified atom stereocenters. The van der Waals surface area contributed by atoms with E-state index in [1.54, 1.807) is 18.3 Å². The van der Waals surface area contributed by atoms with Gasteiger partial charge in [-0.15, -0.1) is 0 Å². The fourth-order valence-corrected chi connectivity index (χ4v) is 1.64. The van der Waals surface area contributed by atoms with Crippen LogP contribution in [-0.2, 0) is 0 Å². The molecule has 100 valence electrons. The first-order valence-electron chi connectivity index (χ1n) is 5.98. The van der Waals surface area contributed by atoms with E-state index in [4.69, 9.17) is 9.84 Å². The van der Waals surface area contributed by atoms with Gasteiger partial charge in [0.2, 0.25) is 5.88 Å². The Hall–Kier alpha value is -1.62. The lowest BCUT2D eigenvalue weighted by Gasteiger charge is -2.29. The number of ether oxygens (including phenoxy) is 1. The fourth-order valence-electron chi connectivity index (χ4n) is 1.64. The SMILES string of the molecule is CCC(C)(CCO)NC(=O)c1cccnc1OC. The van der Waals surface area contributed by atoms with Crippen molar-refractivity contribution in [2.75, 3.05) is 13.7 Å². The van der Waals surface area contributed by atoms with Crippen LogP contribution < -0.4 is 10.1 Å². The topological polar surface area (TPSA) is 71.5 Å². The molecule has 0 fully saturated rings. The molecule has 5 nitrogen and oxygen atoms in total. The number of aliphatic hydroxyl groups is 1. The Morgan fingerprint density at radius 3 is 2.89 bits per heavy atom. The Morgan fingerprint density at radius 1 is 1.61 bits per heavy atom. The quantitative estimate of drug-likeness (QED) is 0.802. The summed E-state index contributed by atoms with van der Waals surface area (Å²) in [5, 5.41) is 11.9. The molecule has 0 radical (unpaired) electrons. The van der Waals surface area contributed by atoms with Crippen molar-refractivity contribution in [1.82, 2.24) is 10.3 Å². The monoisotopic (exact) mass is 252 g/mol. The number of nitrogens with one attached hydrogen (secondary N) is 1. The largest absolute Gasteiger partial charge is 0.480 e. The van der Waals surface area contributed by atoms with Gasteiger partial charge >= 0.3 is 0 Å². The van der Waals surface area contributed by atoms with Gasteiger partial charge in [-0.05, 0) is 31.9 Å². The van der Waals surface area contributed by atoms with E-state index in [9.17, 15) is 4.79 Å². The van der Waals surface area contributed by atoms with Gasteiger partial charge in [0.05, 0.1) is 7.11 Å². The highest BCUT2D eigenvalue weighted by Crippen LogP contribution is 2.18. The molecular formula is C13H20N2O3. The van der Waals surface area contributed by atoms with Crippen molar-refractivity contribution in [3.05, 3.63) is 23.9 Å². The second-order valence-electron chi connectivity index (χ2n) is 4.40. The number of methoxy groups -OCH3 is 1. The number of pyridine rings is 1. The fraction of sp³-hybridized carbons (Fsp3) is 0.538. The smallest absolute Gasteiger partial charge is 0.257 e. The predicted octanol–water partition coefficient (Wildman–Crippen LogP) is 1.37. The first-order valence-corrected chi connectivity index (χ1v) is 5.98. The third-order valence-corrected chi connectivity index (χ3v) is 3.07. The molecule has 1 heterocycles. The summed E-state index contributed by atoms with van der Waals surface area (Å²) >= 11 is 0. The molecule has 0 aliphatic heterocycles. The minimum absolute atomic E-state index is 0.0365. The van der Waals surface area contributed by atoms with Crippen LogP contribution in [0.1, 0.15) is 37.0 Å². The van der Waals surface area contributed by atoms with Crippen molar-refractivity contribution in [3.8, 4) is 5.88 Å². The number of amides is 1. The average molecular weight is 252 g/mol. The van der Waals surface area contributed by atoms with Crippen LogP contribution >= 0.6 is 0 Å². The summed E-state index contributed by atoms with van der Waals surface area (Å²) in [5.41, 5.74) is -0.0234. The molecule has 0 saturated heterocycles. The van der Waals surface area contributed by atoms with E-state index >= 15 is 0 Å². The van der Waals surface area contributed by atoms with E-state index in [0.717, 1.165) is 6.42 Å². The van der Waals surface area contributed by atoms with E-state index in [1.807, 2.05) is 13.8 Å². The third kappa shape index (κ3) is 3.43. The summed E-state index contributed by atoms with van der Waals surface area (Å²) in [6, 6.07) is 3.35. The second kappa shape index (κ2) is 6.35. The molecule has 0 saturated carbocycles. The summed E-state index contributed by atoms with van der Waals surface area (Å²) in [6.07, 6.45) is 2.82. The van der Waals surface area contributed by atoms with Crippen LogP contribution in [0.5, 0.6) is 5.88 Å². The molecule has 5 heteroatoms. The van der Waals surface area contributed by atoms with Gasteiger partial charge in [0.1, 0.15) is 5.56 Å². The number of carbonyl (C=O) groups is 1. The highest BCUT2D eigenvalue weighted by Gasteiger charge is 2.25. The molecule has 1 aromatic rings. The number of hydrogen-bond acceptors (Lipinski definition) is 4. The summed E-state index contributed by atoms with van der Waals surface area (Å²) < 4.78 is 5.05. The molecule has 0 aromatic carbocycles. The second-order valence-corrected chi connectivity index (χ2v) is 4.40. The van der Waals surface area contributed by atoms with Gasteiger partial charge in [-0.2, -0.15) is 0 Å². The van der Waals surface area contributed by atoms with Crippen molar-refractivity contribution in [2.24, 2.45) is 0 Å². The number of nitrogens with zero attached hydrogens (tertiary/aromatic N) is 1. The molecule has 0 bridgehead atoms. The van der Waals surface area contributed by atoms with Gasteiger partial charge in [0, 0.05) is 18.3 Å². The summed E-state index contributed by atoms with van der Waals surface area (Å²) in [5.74, 6) is 0.0650. The molecule has 1 atom stereocenters. The van der Waals surface area contributed by atoms with Crippen molar-refractivity contribution in [1.29, 1.82) is 0 Å². The Labute approximate surface area is 107 Å². The van der Waals surface area contributed by atoms with Crippen molar-refractivity contribution < 1.29 is 14.6 Å². The molecule has 18 heavy (non-hydrogen) atoms. The zero-order valence-electron chi connectivity index (χ0n) is 11.1. The van der Waals surface area contributed by atoms with Crippen molar-refractivity contribution in [2.45, 2.75) is 32.2 Å². The van der Waals surface area contributed by atoms with E-state index in [1.165, 1.54) is 7.11 Å². The van der Waals surface area contributed by atoms with Crippen molar-refractivity contribution in [3.63, 3.8) is 0 Å². The number of hydrogen-bond donors (Lipinski definition) is 2. The van der Waals surface area contributed by atoms with Gasteiger partial charge in [-0.25, -0.2) is 4.98 Å². The molecule has 1 rings (SSSR count). The summed E-state index contributed by atoms with van der Waals surface area (Å²) in [7, 11) is 1.48. The van der Waals surface area contributed by atoms with E-state index < -0.39 is 5.54 Å². The Kier molecular flexibility index (Phi) is 5.09. The van der Waals surface area contributed by atoms with Crippen LogP contribution in [0.25, 0.3) is 0 Å². The van der Waals surface area contributed by atoms with Crippen LogP contribution in [0, 0.1) is 0 Å². The first kappa shape index (κ1) is 14.4. The highest BCUT2D eigenvalue weighted by atomic mass is 16.5. The highest BCUT2D eigenvalue weighted by molar-refractivity contribution is 5.96. The zero-order chi connectivity index (χ0) is 13.6.